The molecule has 3 N–H and O–H groups in total. The number of primary amides is 1. The quantitative estimate of drug-likeness (QED) is 0.504. The van der Waals surface area contributed by atoms with Crippen molar-refractivity contribution in [3.63, 3.8) is 0 Å². The molecule has 0 aliphatic carbocycles. The fourth-order valence-corrected chi connectivity index (χ4v) is 2.33. The summed E-state index contributed by atoms with van der Waals surface area (Å²) in [5, 5.41) is 5.26. The van der Waals surface area contributed by atoms with Crippen LogP contribution in [0.4, 0.5) is 5.82 Å². The Morgan fingerprint density at radius 1 is 1.19 bits per heavy atom. The van der Waals surface area contributed by atoms with Gasteiger partial charge in [0.25, 0.3) is 5.91 Å². The van der Waals surface area contributed by atoms with E-state index >= 15 is 0 Å². The normalized spacial score (nSPS) is 10.8. The lowest BCUT2D eigenvalue weighted by atomic mass is 10.2. The number of carbonyl (C=O) groups excluding carboxylic acids is 1. The first-order valence-corrected chi connectivity index (χ1v) is 7.90. The van der Waals surface area contributed by atoms with Crippen LogP contribution in [0.25, 0.3) is 10.9 Å². The number of hydrogen-bond acceptors (Lipinski definition) is 6. The van der Waals surface area contributed by atoms with Gasteiger partial charge in [-0.15, -0.1) is 0 Å². The number of nitrogens with two attached hydrogens (primary N) is 1. The van der Waals surface area contributed by atoms with Gasteiger partial charge in [0.15, 0.2) is 18.1 Å². The molecular formula is C19H18N4O3. The number of fused-ring (bicyclic) bond motifs is 1. The highest BCUT2D eigenvalue weighted by atomic mass is 16.5. The molecular weight excluding hydrogens is 332 g/mol. The van der Waals surface area contributed by atoms with E-state index in [1.54, 1.807) is 24.4 Å². The van der Waals surface area contributed by atoms with Crippen molar-refractivity contribution in [3.05, 3.63) is 60.2 Å². The predicted molar refractivity (Wildman–Crippen MR) is 101 cm³/mol. The lowest BCUT2D eigenvalue weighted by Gasteiger charge is -2.09. The number of methoxy groups -OCH3 is 1. The molecule has 1 amide bonds. The summed E-state index contributed by atoms with van der Waals surface area (Å²) >= 11 is 0. The molecule has 0 radical (unpaired) electrons. The highest BCUT2D eigenvalue weighted by Gasteiger charge is 2.06. The van der Waals surface area contributed by atoms with E-state index in [-0.39, 0.29) is 6.61 Å². The molecule has 0 bridgehead atoms. The van der Waals surface area contributed by atoms with Gasteiger partial charge in [-0.25, -0.2) is 4.98 Å². The lowest BCUT2D eigenvalue weighted by molar-refractivity contribution is -0.119. The van der Waals surface area contributed by atoms with Gasteiger partial charge in [0.05, 0.1) is 18.8 Å². The second-order valence-corrected chi connectivity index (χ2v) is 5.42. The zero-order chi connectivity index (χ0) is 18.4. The van der Waals surface area contributed by atoms with Gasteiger partial charge in [-0.2, -0.15) is 5.10 Å². The maximum atomic E-state index is 10.8. The van der Waals surface area contributed by atoms with E-state index in [2.05, 4.69) is 15.5 Å². The maximum absolute atomic E-state index is 10.8. The average molecular weight is 350 g/mol. The van der Waals surface area contributed by atoms with Gasteiger partial charge in [-0.3, -0.25) is 10.2 Å². The molecule has 0 atom stereocenters. The van der Waals surface area contributed by atoms with Crippen molar-refractivity contribution in [3.8, 4) is 11.5 Å². The van der Waals surface area contributed by atoms with Gasteiger partial charge < -0.3 is 15.2 Å². The number of nitrogens with zero attached hydrogens (tertiary/aromatic N) is 2. The van der Waals surface area contributed by atoms with E-state index < -0.39 is 5.91 Å². The third-order valence-electron chi connectivity index (χ3n) is 3.55. The third kappa shape index (κ3) is 4.27. The summed E-state index contributed by atoms with van der Waals surface area (Å²) in [5.41, 5.74) is 9.67. The molecule has 3 rings (SSSR count). The van der Waals surface area contributed by atoms with Crippen LogP contribution in [0, 0.1) is 0 Å². The lowest BCUT2D eigenvalue weighted by Crippen LogP contribution is -2.20. The Hall–Kier alpha value is -3.61. The van der Waals surface area contributed by atoms with Crippen LogP contribution in [0.15, 0.2) is 59.7 Å². The van der Waals surface area contributed by atoms with Crippen molar-refractivity contribution < 1.29 is 14.3 Å². The van der Waals surface area contributed by atoms with Crippen LogP contribution in [0.3, 0.4) is 0 Å². The van der Waals surface area contributed by atoms with Crippen LogP contribution in [0.2, 0.25) is 0 Å². The van der Waals surface area contributed by atoms with Gasteiger partial charge in [-0.05, 0) is 42.0 Å². The number of aromatic nitrogens is 1. The summed E-state index contributed by atoms with van der Waals surface area (Å²) in [5.74, 6) is 1.02. The average Bonchev–Trinajstić information content (AvgIpc) is 2.66. The summed E-state index contributed by atoms with van der Waals surface area (Å²) in [4.78, 5) is 15.3. The van der Waals surface area contributed by atoms with Crippen LogP contribution in [0.5, 0.6) is 11.5 Å². The van der Waals surface area contributed by atoms with Crippen LogP contribution in [-0.4, -0.2) is 30.8 Å². The van der Waals surface area contributed by atoms with Crippen molar-refractivity contribution in [1.82, 2.24) is 4.98 Å². The number of carbonyl (C=O) groups is 1. The molecule has 0 spiro atoms. The van der Waals surface area contributed by atoms with Gasteiger partial charge in [0.1, 0.15) is 5.82 Å². The molecule has 3 aromatic rings. The van der Waals surface area contributed by atoms with Crippen LogP contribution < -0.4 is 20.6 Å². The van der Waals surface area contributed by atoms with E-state index in [1.165, 1.54) is 7.11 Å². The van der Waals surface area contributed by atoms with Crippen LogP contribution in [0.1, 0.15) is 5.56 Å². The Kier molecular flexibility index (Phi) is 5.28. The first-order chi connectivity index (χ1) is 12.7. The molecule has 132 valence electrons. The van der Waals surface area contributed by atoms with Gasteiger partial charge in [-0.1, -0.05) is 18.2 Å². The summed E-state index contributed by atoms with van der Waals surface area (Å²) in [7, 11) is 1.52. The Morgan fingerprint density at radius 2 is 2.04 bits per heavy atom. The Morgan fingerprint density at radius 3 is 2.85 bits per heavy atom. The van der Waals surface area contributed by atoms with Crippen molar-refractivity contribution in [2.75, 3.05) is 19.1 Å². The van der Waals surface area contributed by atoms with E-state index in [4.69, 9.17) is 15.2 Å². The predicted octanol–water partition coefficient (Wildman–Crippen LogP) is 2.55. The number of amides is 1. The Balaban J connectivity index is 1.69. The van der Waals surface area contributed by atoms with Crippen molar-refractivity contribution in [1.29, 1.82) is 0 Å². The highest BCUT2D eigenvalue weighted by Crippen LogP contribution is 2.27. The summed E-state index contributed by atoms with van der Waals surface area (Å²) < 4.78 is 10.5. The fraction of sp³-hybridized carbons (Fsp3) is 0.105. The molecule has 1 aromatic heterocycles. The fourth-order valence-electron chi connectivity index (χ4n) is 2.33. The number of rotatable bonds is 7. The van der Waals surface area contributed by atoms with Gasteiger partial charge >= 0.3 is 0 Å². The topological polar surface area (TPSA) is 98.8 Å². The second kappa shape index (κ2) is 7.98. The Bertz CT molecular complexity index is 956. The number of anilines is 1. The molecule has 7 nitrogen and oxygen atoms in total. The Labute approximate surface area is 150 Å². The van der Waals surface area contributed by atoms with Crippen LogP contribution in [-0.2, 0) is 4.79 Å². The highest BCUT2D eigenvalue weighted by molar-refractivity contribution is 5.82. The molecule has 0 aliphatic rings. The number of hydrogen-bond donors (Lipinski definition) is 2. The summed E-state index contributed by atoms with van der Waals surface area (Å²) in [6.45, 7) is -0.209. The monoisotopic (exact) mass is 350 g/mol. The number of ether oxygens (including phenoxy) is 2. The number of benzene rings is 2. The minimum Gasteiger partial charge on any atom is -0.493 e. The zero-order valence-electron chi connectivity index (χ0n) is 14.2. The zero-order valence-corrected chi connectivity index (χ0v) is 14.2. The molecule has 0 saturated carbocycles. The van der Waals surface area contributed by atoms with Crippen molar-refractivity contribution >= 4 is 28.8 Å². The number of hydrazone groups is 1. The number of para-hydroxylation sites is 1. The molecule has 0 aliphatic heterocycles. The van der Waals surface area contributed by atoms with E-state index in [9.17, 15) is 4.79 Å². The molecule has 1 heterocycles. The maximum Gasteiger partial charge on any atom is 0.255 e. The van der Waals surface area contributed by atoms with Crippen molar-refractivity contribution in [2.45, 2.75) is 0 Å². The number of pyridine rings is 1. The van der Waals surface area contributed by atoms with E-state index in [0.717, 1.165) is 16.5 Å². The first-order valence-electron chi connectivity index (χ1n) is 7.90. The summed E-state index contributed by atoms with van der Waals surface area (Å²) in [6.07, 6.45) is 1.64. The number of nitrogens with one attached hydrogen (secondary N) is 1. The second-order valence-electron chi connectivity index (χ2n) is 5.42. The SMILES string of the molecule is COc1cc(/C=N/Nc2ccc3ccccc3n2)ccc1OCC(N)=O. The molecule has 0 unspecified atom stereocenters. The van der Waals surface area contributed by atoms with Gasteiger partial charge in [0, 0.05) is 5.39 Å². The van der Waals surface area contributed by atoms with E-state index in [0.29, 0.717) is 17.3 Å². The van der Waals surface area contributed by atoms with E-state index in [1.807, 2.05) is 36.4 Å². The molecule has 2 aromatic carbocycles. The smallest absolute Gasteiger partial charge is 0.255 e. The largest absolute Gasteiger partial charge is 0.493 e. The molecule has 26 heavy (non-hydrogen) atoms. The molecule has 0 fully saturated rings. The molecule has 7 heteroatoms. The first kappa shape index (κ1) is 17.2. The van der Waals surface area contributed by atoms with Crippen molar-refractivity contribution in [2.24, 2.45) is 10.8 Å². The minimum atomic E-state index is -0.551. The minimum absolute atomic E-state index is 0.209. The summed E-state index contributed by atoms with van der Waals surface area (Å²) in [6, 6.07) is 16.9. The molecule has 0 saturated heterocycles. The van der Waals surface area contributed by atoms with Crippen LogP contribution >= 0.6 is 0 Å². The standard InChI is InChI=1S/C19H18N4O3/c1-25-17-10-13(6-8-16(17)26-12-18(20)24)11-21-23-19-9-7-14-4-2-3-5-15(14)22-19/h2-11H,12H2,1H3,(H2,20,24)(H,22,23)/b21-11+. The third-order valence-corrected chi connectivity index (χ3v) is 3.55. The van der Waals surface area contributed by atoms with Gasteiger partial charge in [0.2, 0.25) is 0 Å².